The number of azo groups is 1. The SMILES string of the molecule is C#CCS/C(=C(\C#N)N=Nc1ccc(C(F)(F)F)cc1)N1CCCC1. The summed E-state index contributed by atoms with van der Waals surface area (Å²) in [4.78, 5) is 2.03. The van der Waals surface area contributed by atoms with Gasteiger partial charge in [-0.1, -0.05) is 17.7 Å². The molecule has 130 valence electrons. The first-order valence-corrected chi connectivity index (χ1v) is 8.49. The van der Waals surface area contributed by atoms with Gasteiger partial charge in [0.2, 0.25) is 0 Å². The molecular formula is C17H15F3N4S. The molecule has 1 aromatic rings. The zero-order chi connectivity index (χ0) is 18.3. The molecule has 8 heteroatoms. The lowest BCUT2D eigenvalue weighted by Gasteiger charge is -2.20. The van der Waals surface area contributed by atoms with Gasteiger partial charge in [0.15, 0.2) is 5.70 Å². The lowest BCUT2D eigenvalue weighted by atomic mass is 10.2. The average Bonchev–Trinajstić information content (AvgIpc) is 3.11. The molecule has 1 aliphatic rings. The highest BCUT2D eigenvalue weighted by atomic mass is 32.2. The van der Waals surface area contributed by atoms with Gasteiger partial charge in [-0.15, -0.1) is 16.7 Å². The molecule has 2 rings (SSSR count). The van der Waals surface area contributed by atoms with E-state index in [9.17, 15) is 18.4 Å². The van der Waals surface area contributed by atoms with E-state index in [-0.39, 0.29) is 11.4 Å². The van der Waals surface area contributed by atoms with E-state index >= 15 is 0 Å². The van der Waals surface area contributed by atoms with Gasteiger partial charge in [0.1, 0.15) is 11.1 Å². The third-order valence-corrected chi connectivity index (χ3v) is 4.49. The molecule has 0 aromatic heterocycles. The van der Waals surface area contributed by atoms with E-state index in [1.165, 1.54) is 23.9 Å². The van der Waals surface area contributed by atoms with Crippen LogP contribution in [0, 0.1) is 23.7 Å². The van der Waals surface area contributed by atoms with Gasteiger partial charge in [-0.2, -0.15) is 18.4 Å². The lowest BCUT2D eigenvalue weighted by Crippen LogP contribution is -2.18. The second-order valence-electron chi connectivity index (χ2n) is 5.20. The normalized spacial score (nSPS) is 15.8. The first kappa shape index (κ1) is 18.9. The van der Waals surface area contributed by atoms with Crippen LogP contribution in [-0.4, -0.2) is 23.7 Å². The largest absolute Gasteiger partial charge is 0.416 e. The Morgan fingerprint density at radius 1 is 1.24 bits per heavy atom. The highest BCUT2D eigenvalue weighted by Gasteiger charge is 2.29. The molecular weight excluding hydrogens is 349 g/mol. The molecule has 25 heavy (non-hydrogen) atoms. The van der Waals surface area contributed by atoms with Crippen LogP contribution in [0.4, 0.5) is 18.9 Å². The smallest absolute Gasteiger partial charge is 0.364 e. The molecule has 1 fully saturated rings. The van der Waals surface area contributed by atoms with E-state index in [2.05, 4.69) is 16.1 Å². The molecule has 1 aliphatic heterocycles. The fraction of sp³-hybridized carbons (Fsp3) is 0.353. The second kappa shape index (κ2) is 8.59. The van der Waals surface area contributed by atoms with Crippen LogP contribution in [0.5, 0.6) is 0 Å². The number of allylic oxidation sites excluding steroid dienone is 1. The monoisotopic (exact) mass is 364 g/mol. The molecule has 0 spiro atoms. The van der Waals surface area contributed by atoms with Gasteiger partial charge in [0.05, 0.1) is 17.0 Å². The number of nitriles is 1. The van der Waals surface area contributed by atoms with Crippen molar-refractivity contribution in [1.29, 1.82) is 5.26 Å². The molecule has 0 aliphatic carbocycles. The fourth-order valence-corrected chi connectivity index (χ4v) is 3.09. The van der Waals surface area contributed by atoms with Crippen molar-refractivity contribution in [2.45, 2.75) is 19.0 Å². The molecule has 0 bridgehead atoms. The summed E-state index contributed by atoms with van der Waals surface area (Å²) < 4.78 is 37.7. The number of rotatable bonds is 5. The highest BCUT2D eigenvalue weighted by molar-refractivity contribution is 8.03. The van der Waals surface area contributed by atoms with Crippen LogP contribution in [0.1, 0.15) is 18.4 Å². The maximum atomic E-state index is 12.6. The summed E-state index contributed by atoms with van der Waals surface area (Å²) in [5.74, 6) is 2.90. The Hall–Kier alpha value is -2.45. The molecule has 1 heterocycles. The van der Waals surface area contributed by atoms with E-state index in [4.69, 9.17) is 6.42 Å². The number of hydrogen-bond donors (Lipinski definition) is 0. The minimum Gasteiger partial charge on any atom is -0.364 e. The predicted octanol–water partition coefficient (Wildman–Crippen LogP) is 4.94. The summed E-state index contributed by atoms with van der Waals surface area (Å²) in [5, 5.41) is 17.9. The van der Waals surface area contributed by atoms with Crippen LogP contribution in [0.25, 0.3) is 0 Å². The first-order chi connectivity index (χ1) is 12.0. The van der Waals surface area contributed by atoms with E-state index in [0.29, 0.717) is 10.8 Å². The summed E-state index contributed by atoms with van der Waals surface area (Å²) >= 11 is 1.34. The van der Waals surface area contributed by atoms with Crippen LogP contribution >= 0.6 is 11.8 Å². The van der Waals surface area contributed by atoms with Crippen LogP contribution < -0.4 is 0 Å². The van der Waals surface area contributed by atoms with Crippen molar-refractivity contribution in [1.82, 2.24) is 4.90 Å². The average molecular weight is 364 g/mol. The van der Waals surface area contributed by atoms with Crippen LogP contribution in [-0.2, 0) is 6.18 Å². The van der Waals surface area contributed by atoms with Gasteiger partial charge in [0.25, 0.3) is 0 Å². The zero-order valence-electron chi connectivity index (χ0n) is 13.3. The summed E-state index contributed by atoms with van der Waals surface area (Å²) in [5.41, 5.74) is -0.407. The number of alkyl halides is 3. The van der Waals surface area contributed by atoms with Crippen molar-refractivity contribution in [3.05, 3.63) is 40.6 Å². The van der Waals surface area contributed by atoms with Crippen molar-refractivity contribution >= 4 is 17.4 Å². The topological polar surface area (TPSA) is 51.8 Å². The molecule has 0 amide bonds. The molecule has 4 nitrogen and oxygen atoms in total. The standard InChI is InChI=1S/C17H15F3N4S/c1-2-11-25-16(24-9-3-4-10-24)15(12-21)23-22-14-7-5-13(6-8-14)17(18,19)20/h1,5-8H,3-4,9-11H2/b16-15+,23-22?. The van der Waals surface area contributed by atoms with Gasteiger partial charge in [-0.05, 0) is 37.1 Å². The van der Waals surface area contributed by atoms with E-state index < -0.39 is 11.7 Å². The maximum absolute atomic E-state index is 12.6. The Morgan fingerprint density at radius 2 is 1.88 bits per heavy atom. The first-order valence-electron chi connectivity index (χ1n) is 7.50. The molecule has 0 unspecified atom stereocenters. The Balaban J connectivity index is 2.24. The third kappa shape index (κ3) is 5.27. The quantitative estimate of drug-likeness (QED) is 0.422. The molecule has 0 atom stereocenters. The number of terminal acetylenes is 1. The van der Waals surface area contributed by atoms with Crippen LogP contribution in [0.2, 0.25) is 0 Å². The van der Waals surface area contributed by atoms with Crippen molar-refractivity contribution in [3.63, 3.8) is 0 Å². The number of thioether (sulfide) groups is 1. The van der Waals surface area contributed by atoms with Crippen molar-refractivity contribution in [2.75, 3.05) is 18.8 Å². The van der Waals surface area contributed by atoms with Gasteiger partial charge in [-0.3, -0.25) is 0 Å². The minimum atomic E-state index is -4.40. The minimum absolute atomic E-state index is 0.113. The molecule has 1 aromatic carbocycles. The second-order valence-corrected chi connectivity index (χ2v) is 6.16. The number of halogens is 3. The Kier molecular flexibility index (Phi) is 6.49. The lowest BCUT2D eigenvalue weighted by molar-refractivity contribution is -0.137. The number of hydrogen-bond acceptors (Lipinski definition) is 5. The Morgan fingerprint density at radius 3 is 2.40 bits per heavy atom. The summed E-state index contributed by atoms with van der Waals surface area (Å²) in [7, 11) is 0. The third-order valence-electron chi connectivity index (χ3n) is 3.45. The molecule has 1 saturated heterocycles. The van der Waals surface area contributed by atoms with Crippen molar-refractivity contribution in [3.8, 4) is 18.4 Å². The zero-order valence-corrected chi connectivity index (χ0v) is 14.1. The van der Waals surface area contributed by atoms with Gasteiger partial charge in [0, 0.05) is 13.1 Å². The van der Waals surface area contributed by atoms with Crippen molar-refractivity contribution < 1.29 is 13.2 Å². The van der Waals surface area contributed by atoms with E-state index in [0.717, 1.165) is 38.1 Å². The number of likely N-dealkylation sites (tertiary alicyclic amines) is 1. The summed E-state index contributed by atoms with van der Waals surface area (Å²) in [6, 6.07) is 6.29. The predicted molar refractivity (Wildman–Crippen MR) is 90.7 cm³/mol. The van der Waals surface area contributed by atoms with E-state index in [1.54, 1.807) is 0 Å². The van der Waals surface area contributed by atoms with Crippen molar-refractivity contribution in [2.24, 2.45) is 10.2 Å². The van der Waals surface area contributed by atoms with Gasteiger partial charge >= 0.3 is 6.18 Å². The molecule has 0 saturated carbocycles. The van der Waals surface area contributed by atoms with Crippen LogP contribution in [0.3, 0.4) is 0 Å². The fourth-order valence-electron chi connectivity index (χ4n) is 2.28. The summed E-state index contributed by atoms with van der Waals surface area (Å²) in [6.45, 7) is 1.63. The van der Waals surface area contributed by atoms with Gasteiger partial charge in [-0.25, -0.2) is 0 Å². The Bertz CT molecular complexity index is 733. The maximum Gasteiger partial charge on any atom is 0.416 e. The molecule has 0 radical (unpaired) electrons. The van der Waals surface area contributed by atoms with Gasteiger partial charge < -0.3 is 4.90 Å². The molecule has 0 N–H and O–H groups in total. The highest BCUT2D eigenvalue weighted by Crippen LogP contribution is 2.31. The summed E-state index contributed by atoms with van der Waals surface area (Å²) in [6.07, 6.45) is 2.94. The Labute approximate surface area is 148 Å². The van der Waals surface area contributed by atoms with E-state index in [1.807, 2.05) is 11.0 Å². The van der Waals surface area contributed by atoms with Crippen LogP contribution in [0.15, 0.2) is 45.2 Å². The number of benzene rings is 1. The number of nitrogens with zero attached hydrogens (tertiary/aromatic N) is 4.